The Morgan fingerprint density at radius 1 is 1.14 bits per heavy atom. The molecule has 3 rings (SSSR count). The van der Waals surface area contributed by atoms with Crippen LogP contribution in [0.1, 0.15) is 16.0 Å². The molecule has 2 heterocycles. The van der Waals surface area contributed by atoms with Gasteiger partial charge in [-0.05, 0) is 29.1 Å². The monoisotopic (exact) mass is 334 g/mol. The van der Waals surface area contributed by atoms with Crippen LogP contribution in [-0.4, -0.2) is 19.3 Å². The maximum absolute atomic E-state index is 12.5. The molecule has 0 fully saturated rings. The van der Waals surface area contributed by atoms with Crippen molar-refractivity contribution in [1.29, 1.82) is 0 Å². The first kappa shape index (κ1) is 14.6. The number of hydrogen-bond donors (Lipinski definition) is 1. The highest BCUT2D eigenvalue weighted by Crippen LogP contribution is 2.45. The van der Waals surface area contributed by atoms with Crippen molar-refractivity contribution >= 4 is 21.2 Å². The zero-order chi connectivity index (χ0) is 15.5. The molecule has 0 bridgehead atoms. The fourth-order valence-electron chi connectivity index (χ4n) is 2.41. The van der Waals surface area contributed by atoms with Gasteiger partial charge in [0.25, 0.3) is 0 Å². The van der Waals surface area contributed by atoms with E-state index >= 15 is 0 Å². The van der Waals surface area contributed by atoms with E-state index in [4.69, 9.17) is 0 Å². The lowest BCUT2D eigenvalue weighted by Gasteiger charge is -2.22. The van der Waals surface area contributed by atoms with Crippen molar-refractivity contribution in [2.45, 2.75) is 16.7 Å². The number of halogens is 3. The lowest BCUT2D eigenvalue weighted by Crippen LogP contribution is -2.28. The fraction of sp³-hybridized carbons (Fsp3) is 0.231. The summed E-state index contributed by atoms with van der Waals surface area (Å²) in [5, 5.41) is 12.2. The number of thiophene rings is 1. The van der Waals surface area contributed by atoms with Crippen molar-refractivity contribution in [3.05, 3.63) is 51.7 Å². The summed E-state index contributed by atoms with van der Waals surface area (Å²) in [6.45, 7) is 0. The molecule has 21 heavy (non-hydrogen) atoms. The average Bonchev–Trinajstić information content (AvgIpc) is 2.93. The van der Waals surface area contributed by atoms with Crippen molar-refractivity contribution in [2.75, 3.05) is 5.75 Å². The Labute approximate surface area is 122 Å². The zero-order valence-corrected chi connectivity index (χ0v) is 12.0. The fourth-order valence-corrected chi connectivity index (χ4v) is 5.77. The summed E-state index contributed by atoms with van der Waals surface area (Å²) in [7, 11) is -3.62. The minimum absolute atomic E-state index is 0.0508. The molecule has 112 valence electrons. The first-order valence-corrected chi connectivity index (χ1v) is 8.39. The summed E-state index contributed by atoms with van der Waals surface area (Å²) in [5.41, 5.74) is -2.49. The smallest absolute Gasteiger partial charge is 0.378 e. The van der Waals surface area contributed by atoms with Crippen molar-refractivity contribution in [1.82, 2.24) is 0 Å². The molecule has 1 aromatic carbocycles. The van der Waals surface area contributed by atoms with Gasteiger partial charge in [-0.25, -0.2) is 8.42 Å². The van der Waals surface area contributed by atoms with Crippen molar-refractivity contribution in [3.8, 4) is 0 Å². The van der Waals surface area contributed by atoms with Crippen LogP contribution in [0, 0.1) is 0 Å². The van der Waals surface area contributed by atoms with E-state index in [9.17, 15) is 26.7 Å². The Bertz CT molecular complexity index is 791. The number of rotatable bonds is 1. The Morgan fingerprint density at radius 3 is 2.33 bits per heavy atom. The van der Waals surface area contributed by atoms with E-state index in [1.54, 1.807) is 0 Å². The molecule has 0 amide bonds. The van der Waals surface area contributed by atoms with E-state index < -0.39 is 32.9 Å². The third-order valence-corrected chi connectivity index (χ3v) is 6.43. The van der Waals surface area contributed by atoms with Gasteiger partial charge in [-0.2, -0.15) is 13.2 Å². The SMILES string of the molecule is O=S1(=O)CC(O)(c2ccc(C(F)(F)F)cc2)c2sccc21. The highest BCUT2D eigenvalue weighted by atomic mass is 32.2. The molecule has 1 unspecified atom stereocenters. The Hall–Kier alpha value is -1.38. The van der Waals surface area contributed by atoms with Crippen molar-refractivity contribution in [2.24, 2.45) is 0 Å². The Kier molecular flexibility index (Phi) is 2.99. The topological polar surface area (TPSA) is 54.4 Å². The first-order valence-electron chi connectivity index (χ1n) is 5.85. The molecule has 1 aliphatic rings. The van der Waals surface area contributed by atoms with Gasteiger partial charge in [0.15, 0.2) is 9.84 Å². The first-order chi connectivity index (χ1) is 9.64. The van der Waals surface area contributed by atoms with Crippen molar-refractivity contribution < 1.29 is 26.7 Å². The molecule has 1 N–H and O–H groups in total. The molecule has 2 aromatic rings. The molecule has 8 heteroatoms. The quantitative estimate of drug-likeness (QED) is 0.872. The summed E-state index contributed by atoms with van der Waals surface area (Å²) < 4.78 is 61.6. The minimum Gasteiger partial charge on any atom is -0.378 e. The van der Waals surface area contributed by atoms with Crippen LogP contribution in [0.2, 0.25) is 0 Å². The Balaban J connectivity index is 2.10. The van der Waals surface area contributed by atoms with Crippen LogP contribution in [0.25, 0.3) is 0 Å². The van der Waals surface area contributed by atoms with Crippen LogP contribution in [0.4, 0.5) is 13.2 Å². The predicted octanol–water partition coefficient (Wildman–Crippen LogP) is 2.79. The van der Waals surface area contributed by atoms with Crippen LogP contribution in [0.15, 0.2) is 40.6 Å². The van der Waals surface area contributed by atoms with Crippen LogP contribution in [0.5, 0.6) is 0 Å². The number of aliphatic hydroxyl groups is 1. The molecule has 3 nitrogen and oxygen atoms in total. The molecule has 0 saturated carbocycles. The van der Waals surface area contributed by atoms with E-state index in [-0.39, 0.29) is 15.3 Å². The third kappa shape index (κ3) is 2.18. The summed E-state index contributed by atoms with van der Waals surface area (Å²) in [5.74, 6) is -0.548. The van der Waals surface area contributed by atoms with E-state index in [1.165, 1.54) is 11.4 Å². The van der Waals surface area contributed by atoms with Gasteiger partial charge in [0.1, 0.15) is 5.60 Å². The summed E-state index contributed by atoms with van der Waals surface area (Å²) in [6, 6.07) is 5.31. The van der Waals surface area contributed by atoms with Crippen molar-refractivity contribution in [3.63, 3.8) is 0 Å². The van der Waals surface area contributed by atoms with Gasteiger partial charge in [0.05, 0.1) is 21.1 Å². The second kappa shape index (κ2) is 4.31. The van der Waals surface area contributed by atoms with Crippen LogP contribution in [0.3, 0.4) is 0 Å². The number of sulfone groups is 1. The van der Waals surface area contributed by atoms with Crippen LogP contribution in [-0.2, 0) is 21.6 Å². The van der Waals surface area contributed by atoms with Gasteiger partial charge >= 0.3 is 6.18 Å². The second-order valence-corrected chi connectivity index (χ2v) is 7.68. The van der Waals surface area contributed by atoms with Gasteiger partial charge in [-0.3, -0.25) is 0 Å². The standard InChI is InChI=1S/C13H9F3O3S2/c14-13(15,16)9-3-1-8(2-4-9)12(17)7-21(18,19)10-5-6-20-11(10)12/h1-6,17H,7H2. The molecule has 0 spiro atoms. The minimum atomic E-state index is -4.48. The van der Waals surface area contributed by atoms with Gasteiger partial charge in [0, 0.05) is 0 Å². The van der Waals surface area contributed by atoms with Crippen LogP contribution >= 0.6 is 11.3 Å². The van der Waals surface area contributed by atoms with E-state index in [0.717, 1.165) is 35.6 Å². The van der Waals surface area contributed by atoms with Crippen LogP contribution < -0.4 is 0 Å². The maximum atomic E-state index is 12.5. The second-order valence-electron chi connectivity index (χ2n) is 4.81. The maximum Gasteiger partial charge on any atom is 0.416 e. The van der Waals surface area contributed by atoms with Gasteiger partial charge in [-0.15, -0.1) is 11.3 Å². The number of benzene rings is 1. The number of alkyl halides is 3. The Morgan fingerprint density at radius 2 is 1.76 bits per heavy atom. The van der Waals surface area contributed by atoms with E-state index in [2.05, 4.69) is 0 Å². The van der Waals surface area contributed by atoms with Gasteiger partial charge in [-0.1, -0.05) is 12.1 Å². The molecule has 0 radical (unpaired) electrons. The summed E-state index contributed by atoms with van der Waals surface area (Å²) >= 11 is 1.07. The molecule has 1 atom stereocenters. The highest BCUT2D eigenvalue weighted by molar-refractivity contribution is 7.92. The summed E-state index contributed by atoms with van der Waals surface area (Å²) in [6.07, 6.45) is -4.48. The molecule has 0 saturated heterocycles. The number of hydrogen-bond acceptors (Lipinski definition) is 4. The predicted molar refractivity (Wildman–Crippen MR) is 70.8 cm³/mol. The number of fused-ring (bicyclic) bond motifs is 1. The molecule has 0 aliphatic carbocycles. The molecule has 1 aliphatic heterocycles. The third-order valence-electron chi connectivity index (χ3n) is 3.43. The van der Waals surface area contributed by atoms with E-state index in [1.807, 2.05) is 0 Å². The van der Waals surface area contributed by atoms with E-state index in [0.29, 0.717) is 0 Å². The molecular formula is C13H9F3O3S2. The summed E-state index contributed by atoms with van der Waals surface area (Å²) in [4.78, 5) is 0.303. The molecule has 1 aromatic heterocycles. The highest BCUT2D eigenvalue weighted by Gasteiger charge is 2.48. The average molecular weight is 334 g/mol. The van der Waals surface area contributed by atoms with Gasteiger partial charge in [0.2, 0.25) is 0 Å². The molecular weight excluding hydrogens is 325 g/mol. The lowest BCUT2D eigenvalue weighted by molar-refractivity contribution is -0.137. The van der Waals surface area contributed by atoms with Gasteiger partial charge < -0.3 is 5.11 Å². The lowest BCUT2D eigenvalue weighted by atomic mass is 9.93. The largest absolute Gasteiger partial charge is 0.416 e. The zero-order valence-electron chi connectivity index (χ0n) is 10.4. The normalized spacial score (nSPS) is 24.0.